The van der Waals surface area contributed by atoms with Crippen LogP contribution in [0.3, 0.4) is 0 Å². The van der Waals surface area contributed by atoms with Gasteiger partial charge in [0.15, 0.2) is 5.58 Å². The molecule has 0 unspecified atom stereocenters. The zero-order chi connectivity index (χ0) is 11.8. The maximum atomic E-state index is 5.05. The molecule has 0 saturated carbocycles. The molecule has 92 valence electrons. The van der Waals surface area contributed by atoms with Gasteiger partial charge in [0.2, 0.25) is 0 Å². The minimum absolute atomic E-state index is 0. The van der Waals surface area contributed by atoms with Gasteiger partial charge in [0.1, 0.15) is 0 Å². The average Bonchev–Trinajstić information content (AvgIpc) is 2.66. The van der Waals surface area contributed by atoms with Crippen LogP contribution in [0.15, 0.2) is 22.7 Å². The molecule has 0 spiro atoms. The zero-order valence-corrected chi connectivity index (χ0v) is 10.6. The first-order valence-electron chi connectivity index (χ1n) is 5.60. The van der Waals surface area contributed by atoms with Gasteiger partial charge in [0.25, 0.3) is 0 Å². The molecule has 2 aromatic rings. The monoisotopic (exact) mass is 223 g/mol. The highest BCUT2D eigenvalue weighted by atomic mass is 16.5. The third kappa shape index (κ3) is 4.05. The van der Waals surface area contributed by atoms with E-state index in [4.69, 9.17) is 4.52 Å². The number of benzene rings is 1. The molecule has 0 bridgehead atoms. The van der Waals surface area contributed by atoms with Crippen LogP contribution < -0.4 is 0 Å². The third-order valence-electron chi connectivity index (χ3n) is 1.81. The first kappa shape index (κ1) is 17.1. The van der Waals surface area contributed by atoms with Gasteiger partial charge in [0, 0.05) is 5.39 Å². The van der Waals surface area contributed by atoms with Crippen molar-refractivity contribution in [1.82, 2.24) is 5.16 Å². The van der Waals surface area contributed by atoms with Gasteiger partial charge in [-0.05, 0) is 26.0 Å². The summed E-state index contributed by atoms with van der Waals surface area (Å²) in [7, 11) is 0. The van der Waals surface area contributed by atoms with E-state index < -0.39 is 0 Å². The molecule has 0 atom stereocenters. The Labute approximate surface area is 99.7 Å². The highest BCUT2D eigenvalue weighted by Crippen LogP contribution is 2.18. The Morgan fingerprint density at radius 3 is 2.12 bits per heavy atom. The van der Waals surface area contributed by atoms with Crippen LogP contribution in [0, 0.1) is 13.8 Å². The van der Waals surface area contributed by atoms with E-state index in [2.05, 4.69) is 18.1 Å². The highest BCUT2D eigenvalue weighted by Gasteiger charge is 2.01. The molecule has 0 N–H and O–H groups in total. The van der Waals surface area contributed by atoms with Gasteiger partial charge in [-0.25, -0.2) is 0 Å². The van der Waals surface area contributed by atoms with Crippen molar-refractivity contribution >= 4 is 11.0 Å². The van der Waals surface area contributed by atoms with Gasteiger partial charge in [-0.2, -0.15) is 0 Å². The predicted molar refractivity (Wildman–Crippen MR) is 72.9 cm³/mol. The molecule has 1 aromatic heterocycles. The number of rotatable bonds is 0. The molecule has 0 aliphatic rings. The predicted octanol–water partition coefficient (Wildman–Crippen LogP) is 5.13. The standard InChI is InChI=1S/C9H9NO.2C2H6.CH4/c1-6-3-4-9-8(5-6)7(2)10-11-9;2*1-2;/h3-5H,1-2H3;2*1-2H3;1H4. The summed E-state index contributed by atoms with van der Waals surface area (Å²) in [5.41, 5.74) is 3.07. The van der Waals surface area contributed by atoms with Gasteiger partial charge in [-0.3, -0.25) is 0 Å². The van der Waals surface area contributed by atoms with Crippen molar-refractivity contribution in [1.29, 1.82) is 0 Å². The summed E-state index contributed by atoms with van der Waals surface area (Å²) in [4.78, 5) is 0. The fourth-order valence-corrected chi connectivity index (χ4v) is 1.17. The lowest BCUT2D eigenvalue weighted by Crippen LogP contribution is -1.72. The number of hydrogen-bond donors (Lipinski definition) is 0. The summed E-state index contributed by atoms with van der Waals surface area (Å²) >= 11 is 0. The van der Waals surface area contributed by atoms with Gasteiger partial charge in [0.05, 0.1) is 5.69 Å². The van der Waals surface area contributed by atoms with Crippen LogP contribution in [0.1, 0.15) is 46.4 Å². The van der Waals surface area contributed by atoms with Crippen LogP contribution >= 0.6 is 0 Å². The molecule has 1 heterocycles. The average molecular weight is 223 g/mol. The van der Waals surface area contributed by atoms with Crippen molar-refractivity contribution in [2.24, 2.45) is 0 Å². The summed E-state index contributed by atoms with van der Waals surface area (Å²) in [6.45, 7) is 12.0. The van der Waals surface area contributed by atoms with Gasteiger partial charge in [-0.15, -0.1) is 0 Å². The first-order chi connectivity index (χ1) is 7.27. The smallest absolute Gasteiger partial charge is 0.167 e. The van der Waals surface area contributed by atoms with Crippen molar-refractivity contribution in [3.8, 4) is 0 Å². The van der Waals surface area contributed by atoms with Crippen LogP contribution in [0.5, 0.6) is 0 Å². The largest absolute Gasteiger partial charge is 0.356 e. The molecule has 2 rings (SSSR count). The molecule has 16 heavy (non-hydrogen) atoms. The van der Waals surface area contributed by atoms with Crippen molar-refractivity contribution in [2.45, 2.75) is 49.0 Å². The van der Waals surface area contributed by atoms with E-state index in [9.17, 15) is 0 Å². The molecule has 0 fully saturated rings. The number of fused-ring (bicyclic) bond motifs is 1. The van der Waals surface area contributed by atoms with E-state index in [-0.39, 0.29) is 7.43 Å². The number of aryl methyl sites for hydroxylation is 2. The maximum absolute atomic E-state index is 5.05. The first-order valence-corrected chi connectivity index (χ1v) is 5.60. The Morgan fingerprint density at radius 1 is 1.00 bits per heavy atom. The van der Waals surface area contributed by atoms with Gasteiger partial charge < -0.3 is 4.52 Å². The number of hydrogen-bond acceptors (Lipinski definition) is 2. The van der Waals surface area contributed by atoms with Gasteiger partial charge in [-0.1, -0.05) is 51.9 Å². The van der Waals surface area contributed by atoms with Crippen LogP contribution in [-0.2, 0) is 0 Å². The fraction of sp³-hybridized carbons (Fsp3) is 0.500. The van der Waals surface area contributed by atoms with E-state index in [1.54, 1.807) is 0 Å². The normalized spacial score (nSPS) is 8.12. The topological polar surface area (TPSA) is 26.0 Å². The quantitative estimate of drug-likeness (QED) is 0.618. The minimum Gasteiger partial charge on any atom is -0.356 e. The lowest BCUT2D eigenvalue weighted by Gasteiger charge is -1.89. The number of aromatic nitrogens is 1. The van der Waals surface area contributed by atoms with E-state index in [0.717, 1.165) is 16.7 Å². The molecule has 0 aliphatic carbocycles. The summed E-state index contributed by atoms with van der Waals surface area (Å²) in [6.07, 6.45) is 0. The summed E-state index contributed by atoms with van der Waals surface area (Å²) in [5, 5.41) is 4.98. The molecule has 2 nitrogen and oxygen atoms in total. The lowest BCUT2D eigenvalue weighted by molar-refractivity contribution is 0.450. The summed E-state index contributed by atoms with van der Waals surface area (Å²) in [6, 6.07) is 6.05. The second-order valence-corrected chi connectivity index (χ2v) is 2.77. The van der Waals surface area contributed by atoms with Crippen molar-refractivity contribution in [2.75, 3.05) is 0 Å². The van der Waals surface area contributed by atoms with Crippen LogP contribution in [0.4, 0.5) is 0 Å². The van der Waals surface area contributed by atoms with Crippen molar-refractivity contribution in [3.63, 3.8) is 0 Å². The maximum Gasteiger partial charge on any atom is 0.167 e. The van der Waals surface area contributed by atoms with Crippen molar-refractivity contribution in [3.05, 3.63) is 29.5 Å². The molecule has 0 saturated heterocycles. The fourth-order valence-electron chi connectivity index (χ4n) is 1.17. The Balaban J connectivity index is 0. The summed E-state index contributed by atoms with van der Waals surface area (Å²) < 4.78 is 5.05. The lowest BCUT2D eigenvalue weighted by atomic mass is 10.1. The highest BCUT2D eigenvalue weighted by molar-refractivity contribution is 5.79. The Bertz CT molecular complexity index is 391. The molecular formula is C14H25NO. The van der Waals surface area contributed by atoms with Crippen molar-refractivity contribution < 1.29 is 4.52 Å². The Hall–Kier alpha value is -1.31. The zero-order valence-electron chi connectivity index (χ0n) is 10.6. The second kappa shape index (κ2) is 8.96. The van der Waals surface area contributed by atoms with Crippen LogP contribution in [0.2, 0.25) is 0 Å². The second-order valence-electron chi connectivity index (χ2n) is 2.77. The van der Waals surface area contributed by atoms with E-state index in [1.807, 2.05) is 46.8 Å². The Kier molecular flexibility index (Phi) is 9.57. The molecule has 1 aromatic carbocycles. The van der Waals surface area contributed by atoms with E-state index in [0.29, 0.717) is 0 Å². The Morgan fingerprint density at radius 2 is 1.56 bits per heavy atom. The molecule has 0 radical (unpaired) electrons. The minimum atomic E-state index is 0. The van der Waals surface area contributed by atoms with Gasteiger partial charge >= 0.3 is 0 Å². The molecular weight excluding hydrogens is 198 g/mol. The molecule has 2 heteroatoms. The van der Waals surface area contributed by atoms with Crippen LogP contribution in [0.25, 0.3) is 11.0 Å². The third-order valence-corrected chi connectivity index (χ3v) is 1.81. The number of nitrogens with zero attached hydrogens (tertiary/aromatic N) is 1. The molecule has 0 aliphatic heterocycles. The van der Waals surface area contributed by atoms with E-state index >= 15 is 0 Å². The van der Waals surface area contributed by atoms with Crippen LogP contribution in [-0.4, -0.2) is 5.16 Å². The SMILES string of the molecule is C.CC.CC.Cc1ccc2onc(C)c2c1. The molecule has 0 amide bonds. The van der Waals surface area contributed by atoms with E-state index in [1.165, 1.54) is 5.56 Å². The summed E-state index contributed by atoms with van der Waals surface area (Å²) in [5.74, 6) is 0.